The van der Waals surface area contributed by atoms with E-state index >= 15 is 0 Å². The molecule has 0 unspecified atom stereocenters. The first kappa shape index (κ1) is 22.0. The first-order chi connectivity index (χ1) is 15.5. The third-order valence-electron chi connectivity index (χ3n) is 6.01. The molecule has 2 heterocycles. The van der Waals surface area contributed by atoms with E-state index in [2.05, 4.69) is 58.5 Å². The normalized spacial score (nSPS) is 15.1. The van der Waals surface area contributed by atoms with Crippen LogP contribution in [0.3, 0.4) is 0 Å². The molecule has 2 N–H and O–H groups in total. The van der Waals surface area contributed by atoms with Crippen molar-refractivity contribution < 1.29 is 14.6 Å². The molecule has 1 aliphatic heterocycles. The van der Waals surface area contributed by atoms with Gasteiger partial charge in [0.1, 0.15) is 5.82 Å². The van der Waals surface area contributed by atoms with Crippen LogP contribution in [-0.4, -0.2) is 54.4 Å². The Hall–Kier alpha value is -3.16. The molecule has 1 amide bonds. The van der Waals surface area contributed by atoms with Crippen LogP contribution in [-0.2, 0) is 17.9 Å². The zero-order valence-corrected chi connectivity index (χ0v) is 18.6. The van der Waals surface area contributed by atoms with Gasteiger partial charge < -0.3 is 19.6 Å². The zero-order valence-electron chi connectivity index (χ0n) is 18.6. The van der Waals surface area contributed by atoms with Crippen molar-refractivity contribution >= 4 is 28.4 Å². The SMILES string of the molecule is CN1CCC(OCc2ccc(CN(C)c3ccc4c(NC(=O)O)nccc4c3)cc2)CC1. The minimum Gasteiger partial charge on any atom is -0.465 e. The lowest BCUT2D eigenvalue weighted by molar-refractivity contribution is 0.00213. The highest BCUT2D eigenvalue weighted by atomic mass is 16.5. The predicted octanol–water partition coefficient (Wildman–Crippen LogP) is 4.57. The average Bonchev–Trinajstić information content (AvgIpc) is 2.79. The van der Waals surface area contributed by atoms with Gasteiger partial charge in [-0.3, -0.25) is 5.32 Å². The molecule has 0 radical (unpaired) electrons. The molecule has 168 valence electrons. The minimum absolute atomic E-state index is 0.349. The Morgan fingerprint density at radius 1 is 1.16 bits per heavy atom. The lowest BCUT2D eigenvalue weighted by Crippen LogP contribution is -2.34. The van der Waals surface area contributed by atoms with Crippen molar-refractivity contribution in [3.63, 3.8) is 0 Å². The molecule has 7 nitrogen and oxygen atoms in total. The Labute approximate surface area is 188 Å². The lowest BCUT2D eigenvalue weighted by atomic mass is 10.1. The quantitative estimate of drug-likeness (QED) is 0.567. The summed E-state index contributed by atoms with van der Waals surface area (Å²) < 4.78 is 6.10. The number of nitrogens with zero attached hydrogens (tertiary/aromatic N) is 3. The van der Waals surface area contributed by atoms with Gasteiger partial charge in [0.05, 0.1) is 12.7 Å². The molecule has 1 aromatic heterocycles. The number of hydrogen-bond donors (Lipinski definition) is 2. The van der Waals surface area contributed by atoms with Crippen molar-refractivity contribution in [1.29, 1.82) is 0 Å². The van der Waals surface area contributed by atoms with Crippen LogP contribution in [0.25, 0.3) is 10.8 Å². The number of aromatic nitrogens is 1. The van der Waals surface area contributed by atoms with Gasteiger partial charge in [-0.2, -0.15) is 0 Å². The van der Waals surface area contributed by atoms with E-state index in [1.165, 1.54) is 11.1 Å². The highest BCUT2D eigenvalue weighted by molar-refractivity contribution is 5.98. The molecule has 1 aliphatic rings. The number of fused-ring (bicyclic) bond motifs is 1. The van der Waals surface area contributed by atoms with Crippen LogP contribution in [0.4, 0.5) is 16.3 Å². The number of amides is 1. The monoisotopic (exact) mass is 434 g/mol. The number of carbonyl (C=O) groups is 1. The fourth-order valence-corrected chi connectivity index (χ4v) is 4.08. The first-order valence-electron chi connectivity index (χ1n) is 11.0. The second kappa shape index (κ2) is 9.97. The largest absolute Gasteiger partial charge is 0.465 e. The van der Waals surface area contributed by atoms with E-state index in [-0.39, 0.29) is 0 Å². The van der Waals surface area contributed by atoms with Crippen molar-refractivity contribution in [2.75, 3.05) is 37.4 Å². The van der Waals surface area contributed by atoms with Crippen molar-refractivity contribution in [2.24, 2.45) is 0 Å². The average molecular weight is 435 g/mol. The number of anilines is 2. The van der Waals surface area contributed by atoms with E-state index in [0.717, 1.165) is 48.9 Å². The van der Waals surface area contributed by atoms with Gasteiger partial charge in [-0.25, -0.2) is 9.78 Å². The number of carboxylic acid groups (broad SMARTS) is 1. The summed E-state index contributed by atoms with van der Waals surface area (Å²) in [4.78, 5) is 19.6. The highest BCUT2D eigenvalue weighted by Gasteiger charge is 2.17. The molecular formula is C25H30N4O3. The number of ether oxygens (including phenoxy) is 1. The Bertz CT molecular complexity index is 1060. The van der Waals surface area contributed by atoms with Crippen LogP contribution >= 0.6 is 0 Å². The van der Waals surface area contributed by atoms with Crippen molar-refractivity contribution in [1.82, 2.24) is 9.88 Å². The summed E-state index contributed by atoms with van der Waals surface area (Å²) in [5, 5.41) is 13.1. The molecule has 0 spiro atoms. The van der Waals surface area contributed by atoms with Crippen molar-refractivity contribution in [3.8, 4) is 0 Å². The molecule has 4 rings (SSSR count). The number of piperidine rings is 1. The number of rotatable bonds is 7. The van der Waals surface area contributed by atoms with Crippen LogP contribution in [0.5, 0.6) is 0 Å². The fraction of sp³-hybridized carbons (Fsp3) is 0.360. The van der Waals surface area contributed by atoms with Gasteiger partial charge in [-0.1, -0.05) is 24.3 Å². The Kier molecular flexibility index (Phi) is 6.87. The third-order valence-corrected chi connectivity index (χ3v) is 6.01. The summed E-state index contributed by atoms with van der Waals surface area (Å²) in [6.45, 7) is 3.65. The summed E-state index contributed by atoms with van der Waals surface area (Å²) in [5.74, 6) is 0.349. The van der Waals surface area contributed by atoms with E-state index in [0.29, 0.717) is 18.5 Å². The summed E-state index contributed by atoms with van der Waals surface area (Å²) in [6, 6.07) is 16.4. The Morgan fingerprint density at radius 2 is 1.88 bits per heavy atom. The number of hydrogen-bond acceptors (Lipinski definition) is 5. The molecule has 32 heavy (non-hydrogen) atoms. The van der Waals surface area contributed by atoms with Gasteiger partial charge in [0, 0.05) is 44.0 Å². The van der Waals surface area contributed by atoms with E-state index in [1.54, 1.807) is 6.20 Å². The summed E-state index contributed by atoms with van der Waals surface area (Å²) in [6.07, 6.45) is 3.08. The molecule has 1 saturated heterocycles. The van der Waals surface area contributed by atoms with Gasteiger partial charge in [0.25, 0.3) is 0 Å². The van der Waals surface area contributed by atoms with Gasteiger partial charge >= 0.3 is 6.09 Å². The second-order valence-electron chi connectivity index (χ2n) is 8.48. The zero-order chi connectivity index (χ0) is 22.5. The lowest BCUT2D eigenvalue weighted by Gasteiger charge is -2.28. The van der Waals surface area contributed by atoms with Gasteiger partial charge in [-0.15, -0.1) is 0 Å². The Balaban J connectivity index is 1.36. The second-order valence-corrected chi connectivity index (χ2v) is 8.48. The molecule has 3 aromatic rings. The smallest absolute Gasteiger partial charge is 0.410 e. The maximum atomic E-state index is 11.0. The number of nitrogens with one attached hydrogen (secondary N) is 1. The number of likely N-dealkylation sites (tertiary alicyclic amines) is 1. The highest BCUT2D eigenvalue weighted by Crippen LogP contribution is 2.26. The first-order valence-corrected chi connectivity index (χ1v) is 11.0. The molecule has 0 bridgehead atoms. The van der Waals surface area contributed by atoms with Crippen LogP contribution in [0, 0.1) is 0 Å². The van der Waals surface area contributed by atoms with Crippen LogP contribution < -0.4 is 10.2 Å². The topological polar surface area (TPSA) is 77.9 Å². The maximum absolute atomic E-state index is 11.0. The van der Waals surface area contributed by atoms with E-state index in [4.69, 9.17) is 9.84 Å². The maximum Gasteiger partial charge on any atom is 0.410 e. The molecular weight excluding hydrogens is 404 g/mol. The fourth-order valence-electron chi connectivity index (χ4n) is 4.08. The Morgan fingerprint density at radius 3 is 2.59 bits per heavy atom. The standard InChI is InChI=1S/C25H30N4O3/c1-28-13-10-22(11-14-28)32-17-19-5-3-18(4-6-19)16-29(2)21-7-8-23-20(15-21)9-12-26-24(23)27-25(30)31/h3-9,12,15,22H,10-11,13-14,16-17H2,1-2H3,(H,26,27)(H,30,31). The molecule has 0 atom stereocenters. The van der Waals surface area contributed by atoms with Crippen molar-refractivity contribution in [2.45, 2.75) is 32.1 Å². The summed E-state index contributed by atoms with van der Waals surface area (Å²) in [5.41, 5.74) is 3.48. The van der Waals surface area contributed by atoms with E-state index in [1.807, 2.05) is 24.3 Å². The van der Waals surface area contributed by atoms with Crippen molar-refractivity contribution in [3.05, 3.63) is 65.9 Å². The summed E-state index contributed by atoms with van der Waals surface area (Å²) in [7, 11) is 4.21. The van der Waals surface area contributed by atoms with E-state index in [9.17, 15) is 4.79 Å². The van der Waals surface area contributed by atoms with Gasteiger partial charge in [0.15, 0.2) is 0 Å². The van der Waals surface area contributed by atoms with Crippen LogP contribution in [0.15, 0.2) is 54.7 Å². The molecule has 0 aliphatic carbocycles. The number of pyridine rings is 1. The molecule has 0 saturated carbocycles. The third kappa shape index (κ3) is 5.55. The number of benzene rings is 2. The molecule has 2 aromatic carbocycles. The van der Waals surface area contributed by atoms with E-state index < -0.39 is 6.09 Å². The minimum atomic E-state index is -1.12. The summed E-state index contributed by atoms with van der Waals surface area (Å²) >= 11 is 0. The van der Waals surface area contributed by atoms with Crippen LogP contribution in [0.1, 0.15) is 24.0 Å². The predicted molar refractivity (Wildman–Crippen MR) is 127 cm³/mol. The molecule has 7 heteroatoms. The van der Waals surface area contributed by atoms with Gasteiger partial charge in [0.2, 0.25) is 0 Å². The van der Waals surface area contributed by atoms with Gasteiger partial charge in [-0.05, 0) is 60.7 Å². The molecule has 1 fully saturated rings. The van der Waals surface area contributed by atoms with Crippen LogP contribution in [0.2, 0.25) is 0 Å².